The topological polar surface area (TPSA) is 69.2 Å². The van der Waals surface area contributed by atoms with E-state index in [-0.39, 0.29) is 6.04 Å². The number of carboxylic acid groups (broad SMARTS) is 1. The maximum Gasteiger partial charge on any atom is 0.412 e. The highest BCUT2D eigenvalue weighted by Gasteiger charge is 2.27. The molecule has 0 aliphatic carbocycles. The van der Waals surface area contributed by atoms with Crippen LogP contribution in [0.25, 0.3) is 10.9 Å². The highest BCUT2D eigenvalue weighted by molar-refractivity contribution is 7.09. The molecule has 0 aliphatic rings. The molecule has 1 aromatic carbocycles. The van der Waals surface area contributed by atoms with E-state index in [9.17, 15) is 9.90 Å². The number of nitrogens with one attached hydrogen (secondary N) is 1. The van der Waals surface area contributed by atoms with Crippen LogP contribution in [0.3, 0.4) is 0 Å². The zero-order chi connectivity index (χ0) is 15.0. The third-order valence-corrected chi connectivity index (χ3v) is 4.55. The molecule has 3 aromatic rings. The third-order valence-electron chi connectivity index (χ3n) is 3.41. The predicted octanol–water partition coefficient (Wildman–Crippen LogP) is 4.18. The van der Waals surface area contributed by atoms with E-state index < -0.39 is 6.09 Å². The summed E-state index contributed by atoms with van der Waals surface area (Å²) >= 11 is 1.48. The van der Waals surface area contributed by atoms with E-state index >= 15 is 0 Å². The highest BCUT2D eigenvalue weighted by Crippen LogP contribution is 2.34. The fourth-order valence-electron chi connectivity index (χ4n) is 2.41. The Kier molecular flexibility index (Phi) is 3.39. The molecule has 3 rings (SSSR count). The van der Waals surface area contributed by atoms with Crippen LogP contribution in [0.4, 0.5) is 10.5 Å². The SMILES string of the molecule is Cc1csc(C(C)N(C(=O)O)c2c[nH]c3ccccc23)n1. The lowest BCUT2D eigenvalue weighted by atomic mass is 10.2. The Bertz CT molecular complexity index is 793. The molecule has 0 spiro atoms. The van der Waals surface area contributed by atoms with Gasteiger partial charge in [0, 0.05) is 28.2 Å². The number of hydrogen-bond acceptors (Lipinski definition) is 3. The van der Waals surface area contributed by atoms with Crippen molar-refractivity contribution in [2.24, 2.45) is 0 Å². The molecule has 0 aliphatic heterocycles. The molecule has 2 N–H and O–H groups in total. The van der Waals surface area contributed by atoms with Crippen molar-refractivity contribution >= 4 is 34.0 Å². The molecule has 0 fully saturated rings. The van der Waals surface area contributed by atoms with Gasteiger partial charge in [0.15, 0.2) is 0 Å². The number of carbonyl (C=O) groups is 1. The molecule has 0 saturated carbocycles. The number of aromatic nitrogens is 2. The van der Waals surface area contributed by atoms with Crippen molar-refractivity contribution in [3.63, 3.8) is 0 Å². The second kappa shape index (κ2) is 5.21. The van der Waals surface area contributed by atoms with E-state index in [0.29, 0.717) is 5.69 Å². The Balaban J connectivity index is 2.08. The average molecular weight is 301 g/mol. The van der Waals surface area contributed by atoms with Gasteiger partial charge in [-0.3, -0.25) is 4.90 Å². The van der Waals surface area contributed by atoms with Gasteiger partial charge in [-0.05, 0) is 19.9 Å². The summed E-state index contributed by atoms with van der Waals surface area (Å²) in [6.07, 6.45) is 0.746. The maximum atomic E-state index is 11.8. The number of hydrogen-bond donors (Lipinski definition) is 2. The van der Waals surface area contributed by atoms with Gasteiger partial charge in [-0.25, -0.2) is 9.78 Å². The quantitative estimate of drug-likeness (QED) is 0.762. The minimum absolute atomic E-state index is 0.333. The Morgan fingerprint density at radius 2 is 2.19 bits per heavy atom. The first-order valence-electron chi connectivity index (χ1n) is 6.58. The van der Waals surface area contributed by atoms with Gasteiger partial charge < -0.3 is 10.1 Å². The Labute approximate surface area is 125 Å². The van der Waals surface area contributed by atoms with Gasteiger partial charge in [0.05, 0.1) is 11.7 Å². The Morgan fingerprint density at radius 1 is 1.43 bits per heavy atom. The van der Waals surface area contributed by atoms with E-state index in [2.05, 4.69) is 9.97 Å². The van der Waals surface area contributed by atoms with Crippen LogP contribution >= 0.6 is 11.3 Å². The van der Waals surface area contributed by atoms with Crippen LogP contribution in [-0.4, -0.2) is 21.2 Å². The molecule has 0 radical (unpaired) electrons. The van der Waals surface area contributed by atoms with Crippen molar-refractivity contribution in [1.29, 1.82) is 0 Å². The van der Waals surface area contributed by atoms with Gasteiger partial charge >= 0.3 is 6.09 Å². The first-order valence-corrected chi connectivity index (χ1v) is 7.46. The molecule has 2 heterocycles. The molecule has 0 saturated heterocycles. The van der Waals surface area contributed by atoms with Gasteiger partial charge in [-0.1, -0.05) is 18.2 Å². The smallest absolute Gasteiger partial charge is 0.412 e. The van der Waals surface area contributed by atoms with E-state index in [1.807, 2.05) is 43.5 Å². The number of aromatic amines is 1. The average Bonchev–Trinajstić information content (AvgIpc) is 3.06. The highest BCUT2D eigenvalue weighted by atomic mass is 32.1. The number of fused-ring (bicyclic) bond motifs is 1. The summed E-state index contributed by atoms with van der Waals surface area (Å²) in [6, 6.07) is 7.33. The molecular weight excluding hydrogens is 286 g/mol. The first-order chi connectivity index (χ1) is 10.1. The van der Waals surface area contributed by atoms with Crippen LogP contribution in [0.15, 0.2) is 35.8 Å². The number of aryl methyl sites for hydroxylation is 1. The number of rotatable bonds is 3. The lowest BCUT2D eigenvalue weighted by Gasteiger charge is -2.24. The van der Waals surface area contributed by atoms with Crippen molar-refractivity contribution < 1.29 is 9.90 Å². The second-order valence-electron chi connectivity index (χ2n) is 4.88. The second-order valence-corrected chi connectivity index (χ2v) is 5.76. The van der Waals surface area contributed by atoms with E-state index in [0.717, 1.165) is 21.6 Å². The van der Waals surface area contributed by atoms with Gasteiger partial charge in [0.25, 0.3) is 0 Å². The van der Waals surface area contributed by atoms with E-state index in [1.54, 1.807) is 6.20 Å². The third kappa shape index (κ3) is 2.38. The molecule has 21 heavy (non-hydrogen) atoms. The minimum Gasteiger partial charge on any atom is -0.465 e. The fraction of sp³-hybridized carbons (Fsp3) is 0.200. The van der Waals surface area contributed by atoms with Crippen molar-refractivity contribution in [2.75, 3.05) is 4.90 Å². The molecule has 6 heteroatoms. The summed E-state index contributed by atoms with van der Waals surface area (Å²) < 4.78 is 0. The number of benzene rings is 1. The summed E-state index contributed by atoms with van der Waals surface area (Å²) in [5.41, 5.74) is 2.48. The summed E-state index contributed by atoms with van der Waals surface area (Å²) in [5, 5.41) is 13.2. The van der Waals surface area contributed by atoms with Crippen LogP contribution in [0.2, 0.25) is 0 Å². The molecule has 2 aromatic heterocycles. The molecule has 5 nitrogen and oxygen atoms in total. The van der Waals surface area contributed by atoms with E-state index in [1.165, 1.54) is 16.2 Å². The summed E-state index contributed by atoms with van der Waals surface area (Å²) in [5.74, 6) is 0. The Morgan fingerprint density at radius 3 is 2.86 bits per heavy atom. The van der Waals surface area contributed by atoms with Crippen LogP contribution in [0.1, 0.15) is 23.7 Å². The number of H-pyrrole nitrogens is 1. The standard InChI is InChI=1S/C15H15N3O2S/c1-9-8-21-14(17-9)10(2)18(15(19)20)13-7-16-12-6-4-3-5-11(12)13/h3-8,10,16H,1-2H3,(H,19,20). The van der Waals surface area contributed by atoms with Gasteiger partial charge in [0.1, 0.15) is 5.01 Å². The monoisotopic (exact) mass is 301 g/mol. The number of thiazole rings is 1. The van der Waals surface area contributed by atoms with Crippen LogP contribution in [-0.2, 0) is 0 Å². The number of amides is 1. The van der Waals surface area contributed by atoms with Crippen molar-refractivity contribution in [3.05, 3.63) is 46.5 Å². The van der Waals surface area contributed by atoms with Crippen molar-refractivity contribution in [1.82, 2.24) is 9.97 Å². The summed E-state index contributed by atoms with van der Waals surface area (Å²) in [6.45, 7) is 3.76. The lowest BCUT2D eigenvalue weighted by Crippen LogP contribution is -2.31. The fourth-order valence-corrected chi connectivity index (χ4v) is 3.25. The van der Waals surface area contributed by atoms with Crippen molar-refractivity contribution in [3.8, 4) is 0 Å². The van der Waals surface area contributed by atoms with E-state index in [4.69, 9.17) is 0 Å². The molecule has 1 unspecified atom stereocenters. The van der Waals surface area contributed by atoms with Crippen LogP contribution in [0.5, 0.6) is 0 Å². The number of nitrogens with zero attached hydrogens (tertiary/aromatic N) is 2. The largest absolute Gasteiger partial charge is 0.465 e. The Hall–Kier alpha value is -2.34. The molecule has 0 bridgehead atoms. The zero-order valence-corrected chi connectivity index (χ0v) is 12.5. The maximum absolute atomic E-state index is 11.8. The summed E-state index contributed by atoms with van der Waals surface area (Å²) in [7, 11) is 0. The normalized spacial score (nSPS) is 12.5. The summed E-state index contributed by atoms with van der Waals surface area (Å²) in [4.78, 5) is 20.6. The molecular formula is C15H15N3O2S. The predicted molar refractivity (Wildman–Crippen MR) is 84.1 cm³/mol. The molecule has 108 valence electrons. The number of para-hydroxylation sites is 1. The zero-order valence-electron chi connectivity index (χ0n) is 11.7. The van der Waals surface area contributed by atoms with Gasteiger partial charge in [0.2, 0.25) is 0 Å². The van der Waals surface area contributed by atoms with Gasteiger partial charge in [-0.2, -0.15) is 0 Å². The number of anilines is 1. The molecule has 1 amide bonds. The first kappa shape index (κ1) is 13.6. The minimum atomic E-state index is -0.986. The lowest BCUT2D eigenvalue weighted by molar-refractivity contribution is 0.199. The van der Waals surface area contributed by atoms with Crippen LogP contribution < -0.4 is 4.90 Å². The van der Waals surface area contributed by atoms with Crippen molar-refractivity contribution in [2.45, 2.75) is 19.9 Å². The molecule has 1 atom stereocenters. The van der Waals surface area contributed by atoms with Crippen LogP contribution in [0, 0.1) is 6.92 Å². The van der Waals surface area contributed by atoms with Gasteiger partial charge in [-0.15, -0.1) is 11.3 Å².